The minimum atomic E-state index is 0.128. The number of hydrogen-bond acceptors (Lipinski definition) is 3. The molecule has 2 rings (SSSR count). The Balaban J connectivity index is 1.92. The molecule has 1 aliphatic heterocycles. The third-order valence-electron chi connectivity index (χ3n) is 2.55. The Labute approximate surface area is 97.8 Å². The summed E-state index contributed by atoms with van der Waals surface area (Å²) in [6.07, 6.45) is 0.572. The van der Waals surface area contributed by atoms with Crippen molar-refractivity contribution in [3.63, 3.8) is 0 Å². The third-order valence-corrected chi connectivity index (χ3v) is 3.66. The fourth-order valence-electron chi connectivity index (χ4n) is 1.72. The first-order chi connectivity index (χ1) is 7.15. The van der Waals surface area contributed by atoms with Gasteiger partial charge in [-0.15, -0.1) is 11.3 Å². The molecule has 15 heavy (non-hydrogen) atoms. The Kier molecular flexibility index (Phi) is 3.29. The molecule has 82 valence electrons. The predicted octanol–water partition coefficient (Wildman–Crippen LogP) is 1.94. The Morgan fingerprint density at radius 3 is 3.07 bits per heavy atom. The van der Waals surface area contributed by atoms with E-state index in [-0.39, 0.29) is 18.0 Å². The number of halogens is 1. The van der Waals surface area contributed by atoms with Crippen LogP contribution in [0.25, 0.3) is 0 Å². The quantitative estimate of drug-likeness (QED) is 0.853. The van der Waals surface area contributed by atoms with Crippen LogP contribution in [0.1, 0.15) is 24.9 Å². The third kappa shape index (κ3) is 2.71. The van der Waals surface area contributed by atoms with Gasteiger partial charge in [0.2, 0.25) is 5.91 Å². The summed E-state index contributed by atoms with van der Waals surface area (Å²) in [5.74, 6) is 0.128. The first kappa shape index (κ1) is 10.9. The van der Waals surface area contributed by atoms with Gasteiger partial charge in [-0.1, -0.05) is 11.6 Å². The van der Waals surface area contributed by atoms with Crippen LogP contribution >= 0.6 is 22.9 Å². The second-order valence-corrected chi connectivity index (χ2v) is 5.32. The lowest BCUT2D eigenvalue weighted by molar-refractivity contribution is -0.119. The van der Waals surface area contributed by atoms with Crippen LogP contribution in [-0.2, 0) is 4.79 Å². The van der Waals surface area contributed by atoms with Gasteiger partial charge in [-0.05, 0) is 23.9 Å². The molecule has 3 nitrogen and oxygen atoms in total. The molecular formula is C10H13ClN2OS. The highest BCUT2D eigenvalue weighted by molar-refractivity contribution is 7.14. The number of thiophene rings is 1. The van der Waals surface area contributed by atoms with Gasteiger partial charge in [0.15, 0.2) is 0 Å². The molecule has 0 spiro atoms. The van der Waals surface area contributed by atoms with E-state index in [1.54, 1.807) is 0 Å². The SMILES string of the molecule is CC(NC1CNC(=O)C1)c1csc(Cl)c1. The fourth-order valence-corrected chi connectivity index (χ4v) is 2.71. The smallest absolute Gasteiger partial charge is 0.221 e. The number of carbonyl (C=O) groups is 1. The van der Waals surface area contributed by atoms with Gasteiger partial charge in [-0.2, -0.15) is 0 Å². The molecule has 0 aliphatic carbocycles. The minimum Gasteiger partial charge on any atom is -0.354 e. The Morgan fingerprint density at radius 2 is 2.53 bits per heavy atom. The van der Waals surface area contributed by atoms with Gasteiger partial charge in [0.25, 0.3) is 0 Å². The van der Waals surface area contributed by atoms with Crippen LogP contribution in [0.5, 0.6) is 0 Å². The summed E-state index contributed by atoms with van der Waals surface area (Å²) in [6.45, 7) is 2.81. The zero-order valence-electron chi connectivity index (χ0n) is 8.42. The molecule has 0 radical (unpaired) electrons. The zero-order chi connectivity index (χ0) is 10.8. The summed E-state index contributed by atoms with van der Waals surface area (Å²) in [5.41, 5.74) is 1.18. The molecule has 2 unspecified atom stereocenters. The van der Waals surface area contributed by atoms with E-state index in [4.69, 9.17) is 11.6 Å². The highest BCUT2D eigenvalue weighted by Gasteiger charge is 2.23. The second-order valence-electron chi connectivity index (χ2n) is 3.78. The average molecular weight is 245 g/mol. The average Bonchev–Trinajstić information content (AvgIpc) is 2.75. The van der Waals surface area contributed by atoms with Crippen LogP contribution in [0.15, 0.2) is 11.4 Å². The molecule has 1 aromatic rings. The van der Waals surface area contributed by atoms with Crippen molar-refractivity contribution in [1.82, 2.24) is 10.6 Å². The Morgan fingerprint density at radius 1 is 1.73 bits per heavy atom. The number of nitrogens with one attached hydrogen (secondary N) is 2. The van der Waals surface area contributed by atoms with Crippen molar-refractivity contribution in [3.8, 4) is 0 Å². The van der Waals surface area contributed by atoms with Crippen molar-refractivity contribution in [2.24, 2.45) is 0 Å². The van der Waals surface area contributed by atoms with Crippen molar-refractivity contribution in [2.45, 2.75) is 25.4 Å². The van der Waals surface area contributed by atoms with E-state index in [1.807, 2.05) is 11.4 Å². The van der Waals surface area contributed by atoms with Crippen LogP contribution in [0.3, 0.4) is 0 Å². The van der Waals surface area contributed by atoms with Crippen molar-refractivity contribution in [2.75, 3.05) is 6.54 Å². The molecule has 5 heteroatoms. The lowest BCUT2D eigenvalue weighted by atomic mass is 10.1. The Bertz CT molecular complexity index is 366. The van der Waals surface area contributed by atoms with Gasteiger partial charge < -0.3 is 10.6 Å². The molecule has 1 fully saturated rings. The maximum atomic E-state index is 11.0. The molecule has 2 N–H and O–H groups in total. The lowest BCUT2D eigenvalue weighted by Gasteiger charge is -2.16. The van der Waals surface area contributed by atoms with E-state index in [9.17, 15) is 4.79 Å². The highest BCUT2D eigenvalue weighted by atomic mass is 35.5. The van der Waals surface area contributed by atoms with E-state index < -0.39 is 0 Å². The summed E-state index contributed by atoms with van der Waals surface area (Å²) in [7, 11) is 0. The molecule has 1 aliphatic rings. The van der Waals surface area contributed by atoms with Crippen LogP contribution in [0.4, 0.5) is 0 Å². The monoisotopic (exact) mass is 244 g/mol. The maximum absolute atomic E-state index is 11.0. The van der Waals surface area contributed by atoms with E-state index in [0.717, 1.165) is 10.9 Å². The van der Waals surface area contributed by atoms with Crippen molar-refractivity contribution in [3.05, 3.63) is 21.3 Å². The number of carbonyl (C=O) groups excluding carboxylic acids is 1. The fraction of sp³-hybridized carbons (Fsp3) is 0.500. The predicted molar refractivity (Wildman–Crippen MR) is 62.3 cm³/mol. The molecule has 0 saturated carbocycles. The van der Waals surface area contributed by atoms with Crippen LogP contribution < -0.4 is 10.6 Å². The molecule has 1 saturated heterocycles. The van der Waals surface area contributed by atoms with Crippen LogP contribution in [0.2, 0.25) is 4.34 Å². The van der Waals surface area contributed by atoms with Gasteiger partial charge in [0, 0.05) is 25.0 Å². The van der Waals surface area contributed by atoms with Gasteiger partial charge in [-0.25, -0.2) is 0 Å². The van der Waals surface area contributed by atoms with E-state index in [0.29, 0.717) is 6.42 Å². The van der Waals surface area contributed by atoms with E-state index >= 15 is 0 Å². The normalized spacial score (nSPS) is 22.8. The standard InChI is InChI=1S/C10H13ClN2OS/c1-6(7-2-9(11)15-5-7)13-8-3-10(14)12-4-8/h2,5-6,8,13H,3-4H2,1H3,(H,12,14). The van der Waals surface area contributed by atoms with E-state index in [2.05, 4.69) is 17.6 Å². The molecule has 0 aromatic carbocycles. The number of hydrogen-bond donors (Lipinski definition) is 2. The van der Waals surface area contributed by atoms with Gasteiger partial charge in [0.05, 0.1) is 4.34 Å². The molecule has 1 aromatic heterocycles. The Hall–Kier alpha value is -0.580. The zero-order valence-corrected chi connectivity index (χ0v) is 9.99. The first-order valence-electron chi connectivity index (χ1n) is 4.92. The second kappa shape index (κ2) is 4.51. The highest BCUT2D eigenvalue weighted by Crippen LogP contribution is 2.25. The molecule has 2 heterocycles. The van der Waals surface area contributed by atoms with Crippen LogP contribution in [-0.4, -0.2) is 18.5 Å². The van der Waals surface area contributed by atoms with Crippen molar-refractivity contribution < 1.29 is 4.79 Å². The summed E-state index contributed by atoms with van der Waals surface area (Å²) < 4.78 is 0.805. The summed E-state index contributed by atoms with van der Waals surface area (Å²) in [4.78, 5) is 11.0. The summed E-state index contributed by atoms with van der Waals surface area (Å²) in [5, 5.41) is 8.26. The maximum Gasteiger partial charge on any atom is 0.221 e. The summed E-state index contributed by atoms with van der Waals surface area (Å²) in [6, 6.07) is 2.45. The summed E-state index contributed by atoms with van der Waals surface area (Å²) >= 11 is 7.40. The minimum absolute atomic E-state index is 0.128. The van der Waals surface area contributed by atoms with Crippen LogP contribution in [0, 0.1) is 0 Å². The topological polar surface area (TPSA) is 41.1 Å². The van der Waals surface area contributed by atoms with Gasteiger partial charge >= 0.3 is 0 Å². The number of amides is 1. The van der Waals surface area contributed by atoms with Gasteiger partial charge in [-0.3, -0.25) is 4.79 Å². The molecule has 0 bridgehead atoms. The molecule has 2 atom stereocenters. The largest absolute Gasteiger partial charge is 0.354 e. The van der Waals surface area contributed by atoms with Crippen molar-refractivity contribution >= 4 is 28.8 Å². The van der Waals surface area contributed by atoms with Gasteiger partial charge in [0.1, 0.15) is 0 Å². The first-order valence-corrected chi connectivity index (χ1v) is 6.17. The van der Waals surface area contributed by atoms with E-state index in [1.165, 1.54) is 16.9 Å². The molecule has 1 amide bonds. The van der Waals surface area contributed by atoms with Crippen molar-refractivity contribution in [1.29, 1.82) is 0 Å². The molecular weight excluding hydrogens is 232 g/mol. The number of rotatable bonds is 3. The lowest BCUT2D eigenvalue weighted by Crippen LogP contribution is -2.32.